The van der Waals surface area contributed by atoms with Crippen LogP contribution >= 0.6 is 7.37 Å². The lowest BCUT2D eigenvalue weighted by Crippen LogP contribution is -2.17. The monoisotopic (exact) mass is 313 g/mol. The van der Waals surface area contributed by atoms with Crippen LogP contribution in [0.1, 0.15) is 45.1 Å². The zero-order valence-electron chi connectivity index (χ0n) is 13.1. The molecule has 5 heteroatoms. The topological polar surface area (TPSA) is 72.5 Å². The number of rotatable bonds is 10. The fraction of sp³-hybridized carbons (Fsp3) is 0.625. The number of hydrogen-bond donors (Lipinski definition) is 2. The van der Waals surface area contributed by atoms with Crippen molar-refractivity contribution in [3.8, 4) is 5.75 Å². The third-order valence-electron chi connectivity index (χ3n) is 3.28. The average Bonchev–Trinajstić information content (AvgIpc) is 2.42. The number of hydrogen-bond acceptors (Lipinski definition) is 3. The maximum absolute atomic E-state index is 12.0. The Morgan fingerprint density at radius 2 is 1.90 bits per heavy atom. The summed E-state index contributed by atoms with van der Waals surface area (Å²) in [5.74, 6) is 0.631. The number of nitrogens with two attached hydrogens (primary N) is 1. The first-order valence-corrected chi connectivity index (χ1v) is 9.74. The van der Waals surface area contributed by atoms with Crippen molar-refractivity contribution < 1.29 is 14.2 Å². The fourth-order valence-corrected chi connectivity index (χ4v) is 3.32. The van der Waals surface area contributed by atoms with Gasteiger partial charge in [0.25, 0.3) is 0 Å². The molecule has 1 rings (SSSR count). The van der Waals surface area contributed by atoms with Crippen molar-refractivity contribution in [1.29, 1.82) is 0 Å². The molecule has 0 fully saturated rings. The summed E-state index contributed by atoms with van der Waals surface area (Å²) in [5.41, 5.74) is 6.89. The van der Waals surface area contributed by atoms with Crippen molar-refractivity contribution >= 4 is 7.37 Å². The molecule has 1 aromatic carbocycles. The van der Waals surface area contributed by atoms with Gasteiger partial charge in [-0.3, -0.25) is 4.57 Å². The Hall–Kier alpha value is -0.830. The summed E-state index contributed by atoms with van der Waals surface area (Å²) in [6.45, 7) is 4.09. The van der Waals surface area contributed by atoms with Gasteiger partial charge in [0.05, 0.1) is 0 Å². The van der Waals surface area contributed by atoms with E-state index in [1.807, 2.05) is 31.2 Å². The Labute approximate surface area is 128 Å². The van der Waals surface area contributed by atoms with Crippen molar-refractivity contribution in [2.45, 2.75) is 52.0 Å². The number of unbranched alkanes of at least 4 members (excludes halogenated alkanes) is 3. The van der Waals surface area contributed by atoms with E-state index >= 15 is 0 Å². The van der Waals surface area contributed by atoms with Crippen LogP contribution in [0.4, 0.5) is 0 Å². The van der Waals surface area contributed by atoms with Crippen LogP contribution in [0.2, 0.25) is 0 Å². The first kappa shape index (κ1) is 18.2. The van der Waals surface area contributed by atoms with Crippen LogP contribution < -0.4 is 10.5 Å². The number of benzene rings is 1. The van der Waals surface area contributed by atoms with Crippen LogP contribution in [0.25, 0.3) is 0 Å². The average molecular weight is 313 g/mol. The molecule has 0 bridgehead atoms. The second kappa shape index (κ2) is 9.24. The summed E-state index contributed by atoms with van der Waals surface area (Å²) in [6, 6.07) is 7.67. The minimum Gasteiger partial charge on any atom is -0.484 e. The molecule has 1 aromatic rings. The van der Waals surface area contributed by atoms with Crippen LogP contribution in [0.15, 0.2) is 24.3 Å². The van der Waals surface area contributed by atoms with Crippen molar-refractivity contribution in [3.05, 3.63) is 29.8 Å². The molecule has 3 N–H and O–H groups in total. The van der Waals surface area contributed by atoms with Gasteiger partial charge in [0, 0.05) is 12.2 Å². The highest BCUT2D eigenvalue weighted by atomic mass is 31.2. The van der Waals surface area contributed by atoms with Gasteiger partial charge in [0.15, 0.2) is 6.35 Å². The SMILES string of the molecule is CCCCCCP(=O)(O)COc1ccc(CC(C)N)cc1. The van der Waals surface area contributed by atoms with Crippen molar-refractivity contribution in [3.63, 3.8) is 0 Å². The molecule has 0 aromatic heterocycles. The van der Waals surface area contributed by atoms with E-state index in [2.05, 4.69) is 6.92 Å². The molecule has 0 aliphatic heterocycles. The predicted octanol–water partition coefficient (Wildman–Crippen LogP) is 3.76. The molecule has 2 atom stereocenters. The van der Waals surface area contributed by atoms with Gasteiger partial charge in [-0.25, -0.2) is 0 Å². The third kappa shape index (κ3) is 8.25. The molecule has 0 aliphatic rings. The lowest BCUT2D eigenvalue weighted by molar-refractivity contribution is 0.349. The first-order valence-electron chi connectivity index (χ1n) is 7.71. The predicted molar refractivity (Wildman–Crippen MR) is 88.1 cm³/mol. The lowest BCUT2D eigenvalue weighted by atomic mass is 10.1. The van der Waals surface area contributed by atoms with Gasteiger partial charge in [-0.1, -0.05) is 38.3 Å². The molecule has 0 radical (unpaired) electrons. The molecule has 0 saturated heterocycles. The van der Waals surface area contributed by atoms with E-state index in [0.717, 1.165) is 37.7 Å². The van der Waals surface area contributed by atoms with Gasteiger partial charge in [-0.15, -0.1) is 0 Å². The van der Waals surface area contributed by atoms with Gasteiger partial charge in [-0.2, -0.15) is 0 Å². The second-order valence-corrected chi connectivity index (χ2v) is 8.13. The standard InChI is InChI=1S/C16H28NO3P/c1-3-4-5-6-11-21(18,19)13-20-16-9-7-15(8-10-16)12-14(2)17/h7-10,14H,3-6,11-13,17H2,1-2H3,(H,18,19). The van der Waals surface area contributed by atoms with Crippen molar-refractivity contribution in [2.24, 2.45) is 5.73 Å². The fourth-order valence-electron chi connectivity index (χ4n) is 2.12. The minimum absolute atomic E-state index is 0.105. The van der Waals surface area contributed by atoms with E-state index in [-0.39, 0.29) is 12.4 Å². The minimum atomic E-state index is -3.17. The van der Waals surface area contributed by atoms with E-state index < -0.39 is 7.37 Å². The lowest BCUT2D eigenvalue weighted by Gasteiger charge is -2.13. The maximum atomic E-state index is 12.0. The van der Waals surface area contributed by atoms with Crippen LogP contribution in [0, 0.1) is 0 Å². The van der Waals surface area contributed by atoms with Gasteiger partial charge < -0.3 is 15.4 Å². The molecular weight excluding hydrogens is 285 g/mol. The smallest absolute Gasteiger partial charge is 0.236 e. The molecule has 0 saturated carbocycles. The van der Waals surface area contributed by atoms with E-state index in [9.17, 15) is 9.46 Å². The highest BCUT2D eigenvalue weighted by molar-refractivity contribution is 7.57. The summed E-state index contributed by atoms with van der Waals surface area (Å²) >= 11 is 0. The molecular formula is C16H28NO3P. The summed E-state index contributed by atoms with van der Waals surface area (Å²) in [6.07, 6.45) is 5.09. The Kier molecular flexibility index (Phi) is 8.02. The molecule has 0 heterocycles. The van der Waals surface area contributed by atoms with E-state index in [0.29, 0.717) is 11.9 Å². The van der Waals surface area contributed by atoms with E-state index in [1.54, 1.807) is 0 Å². The zero-order valence-corrected chi connectivity index (χ0v) is 14.0. The molecule has 2 unspecified atom stereocenters. The summed E-state index contributed by atoms with van der Waals surface area (Å²) in [4.78, 5) is 9.86. The highest BCUT2D eigenvalue weighted by Crippen LogP contribution is 2.41. The largest absolute Gasteiger partial charge is 0.484 e. The van der Waals surface area contributed by atoms with Crippen molar-refractivity contribution in [1.82, 2.24) is 0 Å². The van der Waals surface area contributed by atoms with Gasteiger partial charge in [-0.05, 0) is 37.5 Å². The van der Waals surface area contributed by atoms with Crippen molar-refractivity contribution in [2.75, 3.05) is 12.5 Å². The summed E-state index contributed by atoms with van der Waals surface area (Å²) < 4.78 is 17.4. The van der Waals surface area contributed by atoms with Crippen LogP contribution in [-0.2, 0) is 11.0 Å². The van der Waals surface area contributed by atoms with Gasteiger partial charge >= 0.3 is 0 Å². The van der Waals surface area contributed by atoms with Gasteiger partial charge in [0.1, 0.15) is 5.75 Å². The summed E-state index contributed by atoms with van der Waals surface area (Å²) in [5, 5.41) is 0. The molecule has 120 valence electrons. The molecule has 0 amide bonds. The molecule has 0 spiro atoms. The summed E-state index contributed by atoms with van der Waals surface area (Å²) in [7, 11) is -3.17. The Balaban J connectivity index is 2.37. The Morgan fingerprint density at radius 3 is 2.48 bits per heavy atom. The first-order chi connectivity index (χ1) is 9.93. The highest BCUT2D eigenvalue weighted by Gasteiger charge is 2.18. The molecule has 4 nitrogen and oxygen atoms in total. The Bertz CT molecular complexity index is 445. The van der Waals surface area contributed by atoms with Crippen LogP contribution in [0.3, 0.4) is 0 Å². The molecule has 0 aliphatic carbocycles. The van der Waals surface area contributed by atoms with Crippen LogP contribution in [-0.4, -0.2) is 23.4 Å². The zero-order chi connectivity index (χ0) is 15.7. The second-order valence-electron chi connectivity index (χ2n) is 5.73. The van der Waals surface area contributed by atoms with E-state index in [4.69, 9.17) is 10.5 Å². The molecule has 21 heavy (non-hydrogen) atoms. The third-order valence-corrected chi connectivity index (χ3v) is 4.82. The quantitative estimate of drug-likeness (QED) is 0.509. The Morgan fingerprint density at radius 1 is 1.24 bits per heavy atom. The maximum Gasteiger partial charge on any atom is 0.236 e. The number of ether oxygens (including phenoxy) is 1. The normalized spacial score (nSPS) is 15.4. The van der Waals surface area contributed by atoms with E-state index in [1.165, 1.54) is 0 Å². The van der Waals surface area contributed by atoms with Crippen LogP contribution in [0.5, 0.6) is 5.75 Å². The van der Waals surface area contributed by atoms with Gasteiger partial charge in [0.2, 0.25) is 7.37 Å².